The lowest BCUT2D eigenvalue weighted by Gasteiger charge is -2.24. The number of carbonyl (C=O) groups excluding carboxylic acids is 2. The number of carboxylic acids is 1. The monoisotopic (exact) mass is 365 g/mol. The molecule has 2 N–H and O–H groups in total. The van der Waals surface area contributed by atoms with Crippen molar-refractivity contribution < 1.29 is 19.5 Å². The number of nitrogens with one attached hydrogen (secondary N) is 1. The van der Waals surface area contributed by atoms with E-state index in [-0.39, 0.29) is 11.9 Å². The van der Waals surface area contributed by atoms with Crippen molar-refractivity contribution in [1.82, 2.24) is 9.80 Å². The van der Waals surface area contributed by atoms with E-state index in [0.29, 0.717) is 56.2 Å². The molecule has 2 fully saturated rings. The standard InChI is InChI=1S/C17H20ClN3O4/c18-12-3-1-4-13(11-12)19-16(25)21-8-2-7-20(9-10-21)14(22)17(5-6-17)15(23)24/h1,3-4,11H,2,5-10H2,(H,19,25)(H,23,24). The molecule has 7 nitrogen and oxygen atoms in total. The van der Waals surface area contributed by atoms with Crippen LogP contribution in [0.4, 0.5) is 10.5 Å². The van der Waals surface area contributed by atoms with Gasteiger partial charge >= 0.3 is 12.0 Å². The first-order chi connectivity index (χ1) is 11.9. The highest BCUT2D eigenvalue weighted by atomic mass is 35.5. The van der Waals surface area contributed by atoms with Crippen molar-refractivity contribution in [2.24, 2.45) is 5.41 Å². The van der Waals surface area contributed by atoms with Crippen LogP contribution >= 0.6 is 11.6 Å². The lowest BCUT2D eigenvalue weighted by Crippen LogP contribution is -2.43. The maximum absolute atomic E-state index is 12.5. The molecule has 0 bridgehead atoms. The van der Waals surface area contributed by atoms with Crippen LogP contribution in [0.3, 0.4) is 0 Å². The van der Waals surface area contributed by atoms with Crippen LogP contribution in [-0.4, -0.2) is 59.0 Å². The van der Waals surface area contributed by atoms with Gasteiger partial charge in [-0.1, -0.05) is 17.7 Å². The Morgan fingerprint density at radius 2 is 1.76 bits per heavy atom. The fourth-order valence-electron chi connectivity index (χ4n) is 3.04. The first kappa shape index (κ1) is 17.5. The molecule has 8 heteroatoms. The summed E-state index contributed by atoms with van der Waals surface area (Å²) in [7, 11) is 0. The summed E-state index contributed by atoms with van der Waals surface area (Å²) in [6.07, 6.45) is 1.41. The van der Waals surface area contributed by atoms with Crippen LogP contribution in [0.25, 0.3) is 0 Å². The van der Waals surface area contributed by atoms with Gasteiger partial charge in [-0.25, -0.2) is 4.79 Å². The number of amides is 3. The summed E-state index contributed by atoms with van der Waals surface area (Å²) in [6.45, 7) is 1.69. The predicted octanol–water partition coefficient (Wildman–Crippen LogP) is 2.27. The van der Waals surface area contributed by atoms with Gasteiger partial charge in [0, 0.05) is 36.9 Å². The Balaban J connectivity index is 1.59. The molecule has 1 aliphatic carbocycles. The van der Waals surface area contributed by atoms with E-state index in [1.807, 2.05) is 0 Å². The van der Waals surface area contributed by atoms with E-state index >= 15 is 0 Å². The Morgan fingerprint density at radius 1 is 1.08 bits per heavy atom. The molecule has 3 amide bonds. The molecule has 0 spiro atoms. The van der Waals surface area contributed by atoms with Gasteiger partial charge in [-0.15, -0.1) is 0 Å². The van der Waals surface area contributed by atoms with E-state index in [2.05, 4.69) is 5.32 Å². The normalized spacial score (nSPS) is 19.1. The van der Waals surface area contributed by atoms with Gasteiger partial charge in [0.25, 0.3) is 0 Å². The minimum absolute atomic E-state index is 0.254. The molecule has 1 saturated carbocycles. The van der Waals surface area contributed by atoms with Gasteiger partial charge in [0.2, 0.25) is 5.91 Å². The molecule has 1 aromatic carbocycles. The van der Waals surface area contributed by atoms with E-state index in [1.165, 1.54) is 0 Å². The number of anilines is 1. The van der Waals surface area contributed by atoms with Crippen molar-refractivity contribution in [2.75, 3.05) is 31.5 Å². The summed E-state index contributed by atoms with van der Waals surface area (Å²) in [6, 6.07) is 6.64. The van der Waals surface area contributed by atoms with Crippen LogP contribution in [0.5, 0.6) is 0 Å². The lowest BCUT2D eigenvalue weighted by molar-refractivity contribution is -0.153. The number of urea groups is 1. The molecule has 3 rings (SSSR count). The van der Waals surface area contributed by atoms with Gasteiger partial charge in [0.15, 0.2) is 0 Å². The topological polar surface area (TPSA) is 90.0 Å². The molecule has 1 saturated heterocycles. The second-order valence-corrected chi connectivity index (χ2v) is 6.90. The zero-order valence-electron chi connectivity index (χ0n) is 13.7. The van der Waals surface area contributed by atoms with Crippen LogP contribution in [0, 0.1) is 5.41 Å². The number of nitrogens with zero attached hydrogens (tertiary/aromatic N) is 2. The Hall–Kier alpha value is -2.28. The van der Waals surface area contributed by atoms with Crippen molar-refractivity contribution in [3.05, 3.63) is 29.3 Å². The largest absolute Gasteiger partial charge is 0.480 e. The van der Waals surface area contributed by atoms with E-state index < -0.39 is 11.4 Å². The van der Waals surface area contributed by atoms with Gasteiger partial charge in [-0.05, 0) is 37.5 Å². The van der Waals surface area contributed by atoms with Crippen molar-refractivity contribution in [3.63, 3.8) is 0 Å². The average molecular weight is 366 g/mol. The number of carbonyl (C=O) groups is 3. The van der Waals surface area contributed by atoms with Gasteiger partial charge in [-0.3, -0.25) is 9.59 Å². The van der Waals surface area contributed by atoms with E-state index in [0.717, 1.165) is 0 Å². The summed E-state index contributed by atoms with van der Waals surface area (Å²) in [5.74, 6) is -1.37. The minimum Gasteiger partial charge on any atom is -0.480 e. The molecule has 1 aromatic rings. The maximum atomic E-state index is 12.5. The maximum Gasteiger partial charge on any atom is 0.321 e. The van der Waals surface area contributed by atoms with Crippen molar-refractivity contribution in [2.45, 2.75) is 19.3 Å². The van der Waals surface area contributed by atoms with E-state index in [4.69, 9.17) is 11.6 Å². The third-order valence-corrected chi connectivity index (χ3v) is 4.95. The Bertz CT molecular complexity index is 705. The molecule has 134 valence electrons. The highest BCUT2D eigenvalue weighted by molar-refractivity contribution is 6.30. The van der Waals surface area contributed by atoms with E-state index in [9.17, 15) is 19.5 Å². The summed E-state index contributed by atoms with van der Waals surface area (Å²) in [5.41, 5.74) is -0.615. The number of hydrogen-bond donors (Lipinski definition) is 2. The molecular weight excluding hydrogens is 346 g/mol. The van der Waals surface area contributed by atoms with E-state index in [1.54, 1.807) is 34.1 Å². The zero-order valence-corrected chi connectivity index (χ0v) is 14.5. The molecule has 0 aromatic heterocycles. The third-order valence-electron chi connectivity index (χ3n) is 4.71. The quantitative estimate of drug-likeness (QED) is 0.804. The van der Waals surface area contributed by atoms with Gasteiger partial charge in [0.1, 0.15) is 5.41 Å². The molecular formula is C17H20ClN3O4. The van der Waals surface area contributed by atoms with Crippen LogP contribution in [0.15, 0.2) is 24.3 Å². The number of aliphatic carboxylic acids is 1. The Morgan fingerprint density at radius 3 is 2.40 bits per heavy atom. The lowest BCUT2D eigenvalue weighted by atomic mass is 10.1. The fourth-order valence-corrected chi connectivity index (χ4v) is 3.23. The van der Waals surface area contributed by atoms with Crippen molar-refractivity contribution in [1.29, 1.82) is 0 Å². The second kappa shape index (κ2) is 6.92. The summed E-state index contributed by atoms with van der Waals surface area (Å²) < 4.78 is 0. The van der Waals surface area contributed by atoms with Crippen molar-refractivity contribution in [3.8, 4) is 0 Å². The summed E-state index contributed by atoms with van der Waals surface area (Å²) >= 11 is 5.91. The first-order valence-electron chi connectivity index (χ1n) is 8.27. The summed E-state index contributed by atoms with van der Waals surface area (Å²) in [4.78, 5) is 39.4. The van der Waals surface area contributed by atoms with Crippen LogP contribution in [0.2, 0.25) is 5.02 Å². The number of benzene rings is 1. The average Bonchev–Trinajstić information content (AvgIpc) is 3.38. The number of rotatable bonds is 3. The van der Waals surface area contributed by atoms with Gasteiger partial charge < -0.3 is 20.2 Å². The SMILES string of the molecule is O=C(Nc1cccc(Cl)c1)N1CCCN(C(=O)C2(C(=O)O)CC2)CC1. The third kappa shape index (κ3) is 3.71. The zero-order chi connectivity index (χ0) is 18.0. The Kier molecular flexibility index (Phi) is 4.85. The number of hydrogen-bond acceptors (Lipinski definition) is 3. The second-order valence-electron chi connectivity index (χ2n) is 6.46. The van der Waals surface area contributed by atoms with Crippen LogP contribution < -0.4 is 5.32 Å². The minimum atomic E-state index is -1.22. The fraction of sp³-hybridized carbons (Fsp3) is 0.471. The van der Waals surface area contributed by atoms with Gasteiger partial charge in [-0.2, -0.15) is 0 Å². The van der Waals surface area contributed by atoms with Crippen molar-refractivity contribution >= 4 is 35.2 Å². The number of carboxylic acid groups (broad SMARTS) is 1. The molecule has 0 atom stereocenters. The molecule has 25 heavy (non-hydrogen) atoms. The highest BCUT2D eigenvalue weighted by Crippen LogP contribution is 2.47. The molecule has 0 unspecified atom stereocenters. The molecule has 1 aliphatic heterocycles. The summed E-state index contributed by atoms with van der Waals surface area (Å²) in [5, 5.41) is 12.6. The number of halogens is 1. The van der Waals surface area contributed by atoms with Gasteiger partial charge in [0.05, 0.1) is 0 Å². The molecule has 0 radical (unpaired) electrons. The Labute approximate surface area is 150 Å². The highest BCUT2D eigenvalue weighted by Gasteiger charge is 2.58. The first-order valence-corrected chi connectivity index (χ1v) is 8.64. The smallest absolute Gasteiger partial charge is 0.321 e. The predicted molar refractivity (Wildman–Crippen MR) is 92.5 cm³/mol. The molecule has 1 heterocycles. The van der Waals surface area contributed by atoms with Crippen LogP contribution in [0.1, 0.15) is 19.3 Å². The molecule has 2 aliphatic rings. The van der Waals surface area contributed by atoms with Crippen LogP contribution in [-0.2, 0) is 9.59 Å².